The lowest BCUT2D eigenvalue weighted by Gasteiger charge is -2.09. The molecule has 0 aliphatic carbocycles. The summed E-state index contributed by atoms with van der Waals surface area (Å²) in [6, 6.07) is 13.4. The summed E-state index contributed by atoms with van der Waals surface area (Å²) in [5.74, 6) is 2.04. The van der Waals surface area contributed by atoms with Crippen LogP contribution in [0.15, 0.2) is 61.1 Å². The van der Waals surface area contributed by atoms with Crippen LogP contribution in [0.3, 0.4) is 0 Å². The third-order valence-electron chi connectivity index (χ3n) is 6.19. The summed E-state index contributed by atoms with van der Waals surface area (Å²) in [5.41, 5.74) is 5.46. The van der Waals surface area contributed by atoms with Crippen molar-refractivity contribution in [1.82, 2.24) is 29.5 Å². The van der Waals surface area contributed by atoms with Crippen LogP contribution in [-0.2, 0) is 4.79 Å². The second-order valence-electron chi connectivity index (χ2n) is 8.78. The third-order valence-corrected chi connectivity index (χ3v) is 6.19. The van der Waals surface area contributed by atoms with E-state index in [1.54, 1.807) is 27.7 Å². The molecule has 4 heterocycles. The normalized spacial score (nSPS) is 12.5. The minimum absolute atomic E-state index is 0.201. The van der Waals surface area contributed by atoms with Gasteiger partial charge in [0.05, 0.1) is 23.0 Å². The lowest BCUT2D eigenvalue weighted by Crippen LogP contribution is -2.13. The fraction of sp³-hybridized carbons (Fsp3) is 0.148. The molecule has 0 unspecified atom stereocenters. The zero-order valence-corrected chi connectivity index (χ0v) is 20.5. The molecule has 0 atom stereocenters. The Labute approximate surface area is 212 Å². The Bertz CT molecular complexity index is 1700. The van der Waals surface area contributed by atoms with Crippen molar-refractivity contribution in [3.63, 3.8) is 0 Å². The van der Waals surface area contributed by atoms with E-state index in [0.29, 0.717) is 34.2 Å². The summed E-state index contributed by atoms with van der Waals surface area (Å²) in [4.78, 5) is 21.7. The molecule has 5 aromatic rings. The zero-order chi connectivity index (χ0) is 25.5. The number of anilines is 1. The maximum atomic E-state index is 12.8. The topological polar surface area (TPSA) is 109 Å². The SMILES string of the molecule is Cc1cc(NC(=O)/C=C/c2ccc3c(c2)OCO3)n(-c2ncnc3c2cnn3-c2ccc(C)c(C)c2)n1. The minimum atomic E-state index is -0.310. The zero-order valence-electron chi connectivity index (χ0n) is 20.5. The van der Waals surface area contributed by atoms with Crippen LogP contribution in [0.2, 0.25) is 0 Å². The van der Waals surface area contributed by atoms with Crippen LogP contribution in [0.25, 0.3) is 28.6 Å². The summed E-state index contributed by atoms with van der Waals surface area (Å²) in [5, 5.41) is 12.7. The molecule has 0 fully saturated rings. The number of fused-ring (bicyclic) bond motifs is 2. The number of aryl methyl sites for hydroxylation is 3. The van der Waals surface area contributed by atoms with Crippen molar-refractivity contribution >= 4 is 28.8 Å². The van der Waals surface area contributed by atoms with E-state index in [1.807, 2.05) is 31.2 Å². The summed E-state index contributed by atoms with van der Waals surface area (Å²) < 4.78 is 14.1. The van der Waals surface area contributed by atoms with E-state index in [2.05, 4.69) is 51.5 Å². The van der Waals surface area contributed by atoms with Crippen LogP contribution in [0, 0.1) is 20.8 Å². The first kappa shape index (κ1) is 22.5. The Morgan fingerprint density at radius 3 is 2.70 bits per heavy atom. The van der Waals surface area contributed by atoms with Crippen molar-refractivity contribution in [1.29, 1.82) is 0 Å². The number of nitrogens with zero attached hydrogens (tertiary/aromatic N) is 6. The number of rotatable bonds is 5. The predicted molar refractivity (Wildman–Crippen MR) is 138 cm³/mol. The molecule has 6 rings (SSSR count). The first-order valence-corrected chi connectivity index (χ1v) is 11.7. The predicted octanol–water partition coefficient (Wildman–Crippen LogP) is 4.31. The maximum absolute atomic E-state index is 12.8. The molecule has 0 saturated carbocycles. The maximum Gasteiger partial charge on any atom is 0.249 e. The Kier molecular flexibility index (Phi) is 5.41. The van der Waals surface area contributed by atoms with Crippen LogP contribution in [-0.4, -0.2) is 42.2 Å². The summed E-state index contributed by atoms with van der Waals surface area (Å²) in [6.07, 6.45) is 6.35. The van der Waals surface area contributed by atoms with E-state index >= 15 is 0 Å². The first-order chi connectivity index (χ1) is 18.0. The van der Waals surface area contributed by atoms with Gasteiger partial charge >= 0.3 is 0 Å². The van der Waals surface area contributed by atoms with Gasteiger partial charge in [-0.25, -0.2) is 14.6 Å². The quantitative estimate of drug-likeness (QED) is 0.364. The molecule has 10 nitrogen and oxygen atoms in total. The van der Waals surface area contributed by atoms with Gasteiger partial charge in [0.1, 0.15) is 12.1 Å². The van der Waals surface area contributed by atoms with Crippen molar-refractivity contribution in [3.8, 4) is 23.0 Å². The van der Waals surface area contributed by atoms with E-state index in [1.165, 1.54) is 18.0 Å². The molecule has 0 bridgehead atoms. The fourth-order valence-electron chi connectivity index (χ4n) is 4.15. The second-order valence-corrected chi connectivity index (χ2v) is 8.78. The standard InChI is InChI=1S/C27H23N7O3/c1-16-4-7-20(10-17(16)2)33-26-21(13-30-33)27(29-14-28-26)34-24(11-18(3)32-34)31-25(35)9-6-19-5-8-22-23(12-19)37-15-36-22/h4-14H,15H2,1-3H3,(H,31,35)/b9-6+. The number of amides is 1. The van der Waals surface area contributed by atoms with E-state index in [4.69, 9.17) is 9.47 Å². The third kappa shape index (κ3) is 4.18. The van der Waals surface area contributed by atoms with Gasteiger partial charge in [-0.05, 0) is 67.8 Å². The smallest absolute Gasteiger partial charge is 0.249 e. The summed E-state index contributed by atoms with van der Waals surface area (Å²) in [6.45, 7) is 6.19. The van der Waals surface area contributed by atoms with E-state index < -0.39 is 0 Å². The number of hydrogen-bond acceptors (Lipinski definition) is 7. The Hall–Kier alpha value is -4.99. The molecular formula is C27H23N7O3. The number of nitrogens with one attached hydrogen (secondary N) is 1. The van der Waals surface area contributed by atoms with Gasteiger partial charge in [-0.1, -0.05) is 12.1 Å². The van der Waals surface area contributed by atoms with Crippen LogP contribution in [0.5, 0.6) is 11.5 Å². The largest absolute Gasteiger partial charge is 0.454 e. The van der Waals surface area contributed by atoms with Crippen LogP contribution < -0.4 is 14.8 Å². The highest BCUT2D eigenvalue weighted by Crippen LogP contribution is 2.33. The van der Waals surface area contributed by atoms with Crippen molar-refractivity contribution in [2.45, 2.75) is 20.8 Å². The van der Waals surface area contributed by atoms with E-state index in [9.17, 15) is 4.79 Å². The van der Waals surface area contributed by atoms with Gasteiger partial charge in [-0.15, -0.1) is 0 Å². The number of hydrogen-bond donors (Lipinski definition) is 1. The Morgan fingerprint density at radius 1 is 0.973 bits per heavy atom. The molecule has 1 aliphatic rings. The second kappa shape index (κ2) is 8.90. The molecule has 3 aromatic heterocycles. The van der Waals surface area contributed by atoms with Gasteiger partial charge in [-0.3, -0.25) is 4.79 Å². The number of ether oxygens (including phenoxy) is 2. The van der Waals surface area contributed by atoms with Crippen molar-refractivity contribution in [2.24, 2.45) is 0 Å². The molecule has 1 aliphatic heterocycles. The van der Waals surface area contributed by atoms with Crippen LogP contribution >= 0.6 is 0 Å². The Morgan fingerprint density at radius 2 is 1.84 bits per heavy atom. The number of carbonyl (C=O) groups is 1. The monoisotopic (exact) mass is 493 g/mol. The van der Waals surface area contributed by atoms with Crippen LogP contribution in [0.4, 0.5) is 5.82 Å². The summed E-state index contributed by atoms with van der Waals surface area (Å²) in [7, 11) is 0. The molecule has 2 aromatic carbocycles. The Balaban J connectivity index is 1.30. The minimum Gasteiger partial charge on any atom is -0.454 e. The molecular weight excluding hydrogens is 470 g/mol. The van der Waals surface area contributed by atoms with Gasteiger partial charge in [-0.2, -0.15) is 14.9 Å². The van der Waals surface area contributed by atoms with Crippen molar-refractivity contribution in [2.75, 3.05) is 12.1 Å². The number of aromatic nitrogens is 6. The lowest BCUT2D eigenvalue weighted by molar-refractivity contribution is -0.111. The highest BCUT2D eigenvalue weighted by Gasteiger charge is 2.18. The average Bonchev–Trinajstić information content (AvgIpc) is 3.62. The van der Waals surface area contributed by atoms with E-state index in [0.717, 1.165) is 22.5 Å². The van der Waals surface area contributed by atoms with Gasteiger partial charge in [0.15, 0.2) is 23.0 Å². The molecule has 37 heavy (non-hydrogen) atoms. The molecule has 10 heteroatoms. The van der Waals surface area contributed by atoms with Gasteiger partial charge in [0.25, 0.3) is 0 Å². The van der Waals surface area contributed by atoms with Gasteiger partial charge in [0, 0.05) is 12.1 Å². The number of benzene rings is 2. The molecule has 184 valence electrons. The first-order valence-electron chi connectivity index (χ1n) is 11.7. The van der Waals surface area contributed by atoms with Crippen LogP contribution in [0.1, 0.15) is 22.4 Å². The summed E-state index contributed by atoms with van der Waals surface area (Å²) >= 11 is 0. The average molecular weight is 494 g/mol. The fourth-order valence-corrected chi connectivity index (χ4v) is 4.15. The molecule has 1 N–H and O–H groups in total. The highest BCUT2D eigenvalue weighted by molar-refractivity contribution is 6.01. The van der Waals surface area contributed by atoms with Gasteiger partial charge in [0.2, 0.25) is 12.7 Å². The number of carbonyl (C=O) groups excluding carboxylic acids is 1. The lowest BCUT2D eigenvalue weighted by atomic mass is 10.1. The molecule has 0 spiro atoms. The molecule has 0 radical (unpaired) electrons. The van der Waals surface area contributed by atoms with Gasteiger partial charge < -0.3 is 14.8 Å². The molecule has 0 saturated heterocycles. The van der Waals surface area contributed by atoms with Crippen molar-refractivity contribution < 1.29 is 14.3 Å². The molecule has 1 amide bonds. The van der Waals surface area contributed by atoms with Crippen molar-refractivity contribution in [3.05, 3.63) is 83.4 Å². The highest BCUT2D eigenvalue weighted by atomic mass is 16.7. The van der Waals surface area contributed by atoms with E-state index in [-0.39, 0.29) is 12.7 Å².